The maximum Gasteiger partial charge on any atom is 0.119 e. The second-order valence-electron chi connectivity index (χ2n) is 4.56. The third-order valence-electron chi connectivity index (χ3n) is 2.92. The Labute approximate surface area is 118 Å². The summed E-state index contributed by atoms with van der Waals surface area (Å²) >= 11 is 6.20. The molecule has 0 aliphatic heterocycles. The number of benzene rings is 1. The van der Waals surface area contributed by atoms with Gasteiger partial charge in [0.05, 0.1) is 16.4 Å². The summed E-state index contributed by atoms with van der Waals surface area (Å²) in [4.78, 5) is 0. The van der Waals surface area contributed by atoms with E-state index in [1.807, 2.05) is 44.3 Å². The lowest BCUT2D eigenvalue weighted by Gasteiger charge is -2.13. The Morgan fingerprint density at radius 1 is 1.37 bits per heavy atom. The first kappa shape index (κ1) is 13.9. The molecule has 19 heavy (non-hydrogen) atoms. The summed E-state index contributed by atoms with van der Waals surface area (Å²) in [5.74, 6) is 0.824. The highest BCUT2D eigenvalue weighted by Gasteiger charge is 2.15. The number of hydrogen-bond donors (Lipinski definition) is 1. The number of ether oxygens (including phenoxy) is 1. The molecule has 0 radical (unpaired) electrons. The number of aromatic nitrogens is 2. The van der Waals surface area contributed by atoms with Crippen molar-refractivity contribution in [3.05, 3.63) is 46.7 Å². The zero-order valence-electron chi connectivity index (χ0n) is 11.1. The van der Waals surface area contributed by atoms with Crippen LogP contribution in [0, 0.1) is 6.92 Å². The van der Waals surface area contributed by atoms with Gasteiger partial charge in [0, 0.05) is 19.5 Å². The van der Waals surface area contributed by atoms with Gasteiger partial charge < -0.3 is 10.5 Å². The summed E-state index contributed by atoms with van der Waals surface area (Å²) in [6, 6.07) is 9.52. The second-order valence-corrected chi connectivity index (χ2v) is 4.94. The summed E-state index contributed by atoms with van der Waals surface area (Å²) in [7, 11) is 1.87. The van der Waals surface area contributed by atoms with Crippen LogP contribution in [0.2, 0.25) is 5.02 Å². The first-order chi connectivity index (χ1) is 9.08. The lowest BCUT2D eigenvalue weighted by molar-refractivity contribution is 0.286. The molecule has 0 saturated heterocycles. The molecule has 0 amide bonds. The molecule has 0 aliphatic carbocycles. The van der Waals surface area contributed by atoms with E-state index < -0.39 is 0 Å². The summed E-state index contributed by atoms with van der Waals surface area (Å²) in [6.45, 7) is 2.34. The molecule has 1 aromatic carbocycles. The molecule has 1 heterocycles. The van der Waals surface area contributed by atoms with Crippen LogP contribution in [0.25, 0.3) is 0 Å². The molecule has 0 aliphatic rings. The van der Waals surface area contributed by atoms with E-state index in [0.29, 0.717) is 18.1 Å². The van der Waals surface area contributed by atoms with Gasteiger partial charge in [-0.1, -0.05) is 29.8 Å². The van der Waals surface area contributed by atoms with Crippen molar-refractivity contribution in [3.63, 3.8) is 0 Å². The van der Waals surface area contributed by atoms with Crippen LogP contribution in [0.5, 0.6) is 5.75 Å². The molecule has 1 aromatic heterocycles. The zero-order valence-corrected chi connectivity index (χ0v) is 11.9. The molecular formula is C14H18ClN3O. The first-order valence-corrected chi connectivity index (χ1v) is 6.57. The van der Waals surface area contributed by atoms with E-state index in [0.717, 1.165) is 17.1 Å². The molecule has 5 heteroatoms. The lowest BCUT2D eigenvalue weighted by atomic mass is 10.1. The molecule has 1 unspecified atom stereocenters. The molecule has 1 atom stereocenters. The topological polar surface area (TPSA) is 53.1 Å². The van der Waals surface area contributed by atoms with Gasteiger partial charge in [-0.05, 0) is 19.1 Å². The average Bonchev–Trinajstić information content (AvgIpc) is 2.64. The van der Waals surface area contributed by atoms with Crippen molar-refractivity contribution in [2.45, 2.75) is 19.4 Å². The Kier molecular flexibility index (Phi) is 4.45. The number of nitrogens with zero attached hydrogens (tertiary/aromatic N) is 2. The van der Waals surface area contributed by atoms with Crippen molar-refractivity contribution in [3.8, 4) is 5.75 Å². The molecule has 0 fully saturated rings. The first-order valence-electron chi connectivity index (χ1n) is 6.19. The molecule has 4 nitrogen and oxygen atoms in total. The average molecular weight is 280 g/mol. The van der Waals surface area contributed by atoms with Gasteiger partial charge in [-0.25, -0.2) is 0 Å². The third kappa shape index (κ3) is 3.49. The minimum atomic E-state index is -0.118. The fourth-order valence-electron chi connectivity index (χ4n) is 1.93. The molecule has 0 bridgehead atoms. The van der Waals surface area contributed by atoms with Gasteiger partial charge in [0.2, 0.25) is 0 Å². The number of aryl methyl sites for hydroxylation is 2. The fraction of sp³-hybridized carbons (Fsp3) is 0.357. The summed E-state index contributed by atoms with van der Waals surface area (Å²) < 4.78 is 7.41. The molecule has 0 spiro atoms. The maximum atomic E-state index is 6.20. The third-order valence-corrected chi connectivity index (χ3v) is 3.42. The Hall–Kier alpha value is -1.52. The van der Waals surface area contributed by atoms with E-state index in [9.17, 15) is 0 Å². The van der Waals surface area contributed by atoms with E-state index >= 15 is 0 Å². The second kappa shape index (κ2) is 6.08. The van der Waals surface area contributed by atoms with Gasteiger partial charge >= 0.3 is 0 Å². The number of para-hydroxylation sites is 1. The van der Waals surface area contributed by atoms with Crippen molar-refractivity contribution < 1.29 is 4.74 Å². The summed E-state index contributed by atoms with van der Waals surface area (Å²) in [5.41, 5.74) is 7.85. The van der Waals surface area contributed by atoms with Crippen molar-refractivity contribution in [1.82, 2.24) is 9.78 Å². The van der Waals surface area contributed by atoms with E-state index in [1.54, 1.807) is 4.68 Å². The Morgan fingerprint density at radius 3 is 2.63 bits per heavy atom. The van der Waals surface area contributed by atoms with Crippen LogP contribution in [0.1, 0.15) is 11.4 Å². The highest BCUT2D eigenvalue weighted by Crippen LogP contribution is 2.20. The maximum absolute atomic E-state index is 6.20. The lowest BCUT2D eigenvalue weighted by Crippen LogP contribution is -2.31. The normalized spacial score (nSPS) is 12.4. The van der Waals surface area contributed by atoms with Crippen LogP contribution in [-0.4, -0.2) is 22.4 Å². The molecule has 102 valence electrons. The van der Waals surface area contributed by atoms with Gasteiger partial charge in [-0.3, -0.25) is 4.68 Å². The summed E-state index contributed by atoms with van der Waals surface area (Å²) in [5, 5.41) is 4.96. The minimum Gasteiger partial charge on any atom is -0.492 e. The predicted molar refractivity (Wildman–Crippen MR) is 76.6 cm³/mol. The van der Waals surface area contributed by atoms with Gasteiger partial charge in [0.1, 0.15) is 12.4 Å². The van der Waals surface area contributed by atoms with Crippen molar-refractivity contribution in [2.75, 3.05) is 6.61 Å². The summed E-state index contributed by atoms with van der Waals surface area (Å²) in [6.07, 6.45) is 0.642. The van der Waals surface area contributed by atoms with E-state index in [-0.39, 0.29) is 6.04 Å². The van der Waals surface area contributed by atoms with Crippen LogP contribution in [0.4, 0.5) is 0 Å². The highest BCUT2D eigenvalue weighted by molar-refractivity contribution is 6.31. The van der Waals surface area contributed by atoms with Crippen molar-refractivity contribution in [1.29, 1.82) is 0 Å². The van der Waals surface area contributed by atoms with E-state index in [4.69, 9.17) is 22.1 Å². The Bertz CT molecular complexity index is 539. The van der Waals surface area contributed by atoms with Gasteiger partial charge in [0.15, 0.2) is 0 Å². The van der Waals surface area contributed by atoms with Crippen molar-refractivity contribution >= 4 is 11.6 Å². The van der Waals surface area contributed by atoms with E-state index in [2.05, 4.69) is 5.10 Å². The molecule has 2 aromatic rings. The standard InChI is InChI=1S/C14H18ClN3O/c1-10-14(15)13(18(2)17-10)8-11(16)9-19-12-6-4-3-5-7-12/h3-7,11H,8-9,16H2,1-2H3. The smallest absolute Gasteiger partial charge is 0.119 e. The van der Waals surface area contributed by atoms with Crippen LogP contribution in [-0.2, 0) is 13.5 Å². The number of nitrogens with two attached hydrogens (primary N) is 1. The number of rotatable bonds is 5. The molecule has 2 N–H and O–H groups in total. The number of halogens is 1. The van der Waals surface area contributed by atoms with E-state index in [1.165, 1.54) is 0 Å². The van der Waals surface area contributed by atoms with Crippen LogP contribution < -0.4 is 10.5 Å². The predicted octanol–water partition coefficient (Wildman–Crippen LogP) is 2.33. The SMILES string of the molecule is Cc1nn(C)c(CC(N)COc2ccccc2)c1Cl. The fourth-order valence-corrected chi connectivity index (χ4v) is 2.17. The monoisotopic (exact) mass is 279 g/mol. The zero-order chi connectivity index (χ0) is 13.8. The van der Waals surface area contributed by atoms with Crippen LogP contribution in [0.15, 0.2) is 30.3 Å². The number of hydrogen-bond acceptors (Lipinski definition) is 3. The van der Waals surface area contributed by atoms with Gasteiger partial charge in [-0.15, -0.1) is 0 Å². The molecule has 0 saturated carbocycles. The largest absolute Gasteiger partial charge is 0.492 e. The Morgan fingerprint density at radius 2 is 2.05 bits per heavy atom. The van der Waals surface area contributed by atoms with Crippen LogP contribution in [0.3, 0.4) is 0 Å². The van der Waals surface area contributed by atoms with Gasteiger partial charge in [-0.2, -0.15) is 5.10 Å². The molecular weight excluding hydrogens is 262 g/mol. The van der Waals surface area contributed by atoms with Gasteiger partial charge in [0.25, 0.3) is 0 Å². The van der Waals surface area contributed by atoms with Crippen molar-refractivity contribution in [2.24, 2.45) is 12.8 Å². The molecule has 2 rings (SSSR count). The van der Waals surface area contributed by atoms with Crippen LogP contribution >= 0.6 is 11.6 Å². The highest BCUT2D eigenvalue weighted by atomic mass is 35.5. The minimum absolute atomic E-state index is 0.118. The quantitative estimate of drug-likeness (QED) is 0.914. The Balaban J connectivity index is 1.92.